The molecular formula is C16H25N3OS. The standard InChI is InChI=1S/C16H25N3OS/c1-3-8-18-9-11-19(12-10-18)16(21)17-13-14-4-6-15(20-2)7-5-14/h4-7H,3,8-13H2,1-2H3,(H,17,21). The topological polar surface area (TPSA) is 27.7 Å². The average molecular weight is 307 g/mol. The summed E-state index contributed by atoms with van der Waals surface area (Å²) in [6.07, 6.45) is 1.22. The van der Waals surface area contributed by atoms with Crippen LogP contribution in [0.3, 0.4) is 0 Å². The Bertz CT molecular complexity index is 441. The number of piperazine rings is 1. The summed E-state index contributed by atoms with van der Waals surface area (Å²) in [4.78, 5) is 4.77. The summed E-state index contributed by atoms with van der Waals surface area (Å²) >= 11 is 5.50. The van der Waals surface area contributed by atoms with Crippen LogP contribution in [-0.4, -0.2) is 54.7 Å². The third-order valence-electron chi connectivity index (χ3n) is 3.80. The lowest BCUT2D eigenvalue weighted by Gasteiger charge is -2.36. The van der Waals surface area contributed by atoms with Gasteiger partial charge in [-0.1, -0.05) is 19.1 Å². The Morgan fingerprint density at radius 2 is 1.86 bits per heavy atom. The van der Waals surface area contributed by atoms with E-state index in [0.717, 1.165) is 43.6 Å². The highest BCUT2D eigenvalue weighted by atomic mass is 32.1. The van der Waals surface area contributed by atoms with Gasteiger partial charge in [0.05, 0.1) is 7.11 Å². The number of hydrogen-bond donors (Lipinski definition) is 1. The lowest BCUT2D eigenvalue weighted by Crippen LogP contribution is -2.51. The van der Waals surface area contributed by atoms with Crippen molar-refractivity contribution in [3.05, 3.63) is 29.8 Å². The summed E-state index contributed by atoms with van der Waals surface area (Å²) in [6.45, 7) is 8.45. The van der Waals surface area contributed by atoms with E-state index in [-0.39, 0.29) is 0 Å². The molecular weight excluding hydrogens is 282 g/mol. The van der Waals surface area contributed by atoms with Crippen molar-refractivity contribution in [2.45, 2.75) is 19.9 Å². The minimum atomic E-state index is 0.762. The third-order valence-corrected chi connectivity index (χ3v) is 4.20. The molecule has 21 heavy (non-hydrogen) atoms. The number of thiocarbonyl (C=S) groups is 1. The molecule has 2 rings (SSSR count). The van der Waals surface area contributed by atoms with Crippen LogP contribution in [0.2, 0.25) is 0 Å². The van der Waals surface area contributed by atoms with Gasteiger partial charge in [-0.05, 0) is 42.9 Å². The molecule has 0 bridgehead atoms. The highest BCUT2D eigenvalue weighted by Crippen LogP contribution is 2.11. The molecule has 1 saturated heterocycles. The van der Waals surface area contributed by atoms with E-state index in [1.54, 1.807) is 7.11 Å². The predicted molar refractivity (Wildman–Crippen MR) is 90.7 cm³/mol. The molecule has 1 N–H and O–H groups in total. The fourth-order valence-electron chi connectivity index (χ4n) is 2.52. The van der Waals surface area contributed by atoms with Crippen molar-refractivity contribution in [3.63, 3.8) is 0 Å². The number of benzene rings is 1. The normalized spacial score (nSPS) is 15.8. The van der Waals surface area contributed by atoms with Gasteiger partial charge in [0.1, 0.15) is 5.75 Å². The molecule has 0 aliphatic carbocycles. The SMILES string of the molecule is CCCN1CCN(C(=S)NCc2ccc(OC)cc2)CC1. The van der Waals surface area contributed by atoms with E-state index >= 15 is 0 Å². The van der Waals surface area contributed by atoms with E-state index in [4.69, 9.17) is 17.0 Å². The van der Waals surface area contributed by atoms with Crippen LogP contribution in [0.15, 0.2) is 24.3 Å². The Labute approximate surface area is 133 Å². The predicted octanol–water partition coefficient (Wildman–Crippen LogP) is 2.10. The van der Waals surface area contributed by atoms with Crippen LogP contribution >= 0.6 is 12.2 Å². The molecule has 1 aromatic carbocycles. The molecule has 116 valence electrons. The van der Waals surface area contributed by atoms with Gasteiger partial charge < -0.3 is 15.0 Å². The molecule has 1 aliphatic rings. The number of nitrogens with one attached hydrogen (secondary N) is 1. The Balaban J connectivity index is 1.74. The van der Waals surface area contributed by atoms with E-state index in [9.17, 15) is 0 Å². The van der Waals surface area contributed by atoms with Gasteiger partial charge >= 0.3 is 0 Å². The second-order valence-electron chi connectivity index (χ2n) is 5.34. The highest BCUT2D eigenvalue weighted by molar-refractivity contribution is 7.80. The molecule has 0 aromatic heterocycles. The van der Waals surface area contributed by atoms with E-state index in [1.807, 2.05) is 12.1 Å². The number of ether oxygens (including phenoxy) is 1. The number of hydrogen-bond acceptors (Lipinski definition) is 3. The minimum Gasteiger partial charge on any atom is -0.497 e. The first-order valence-corrected chi connectivity index (χ1v) is 8.02. The van der Waals surface area contributed by atoms with Gasteiger partial charge in [0, 0.05) is 32.7 Å². The Morgan fingerprint density at radius 3 is 2.43 bits per heavy atom. The summed E-state index contributed by atoms with van der Waals surface area (Å²) < 4.78 is 5.16. The largest absolute Gasteiger partial charge is 0.497 e. The first-order chi connectivity index (χ1) is 10.2. The van der Waals surface area contributed by atoms with Gasteiger partial charge in [0.2, 0.25) is 0 Å². The molecule has 0 unspecified atom stereocenters. The van der Waals surface area contributed by atoms with Crippen LogP contribution in [0, 0.1) is 0 Å². The van der Waals surface area contributed by atoms with E-state index in [2.05, 4.69) is 34.2 Å². The van der Waals surface area contributed by atoms with Gasteiger partial charge in [-0.3, -0.25) is 4.90 Å². The lowest BCUT2D eigenvalue weighted by molar-refractivity contribution is 0.181. The maximum Gasteiger partial charge on any atom is 0.169 e. The Morgan fingerprint density at radius 1 is 1.19 bits per heavy atom. The molecule has 0 spiro atoms. The maximum absolute atomic E-state index is 5.50. The van der Waals surface area contributed by atoms with Crippen molar-refractivity contribution in [1.29, 1.82) is 0 Å². The summed E-state index contributed by atoms with van der Waals surface area (Å²) in [5.41, 5.74) is 1.21. The second-order valence-corrected chi connectivity index (χ2v) is 5.72. The smallest absolute Gasteiger partial charge is 0.169 e. The highest BCUT2D eigenvalue weighted by Gasteiger charge is 2.17. The Kier molecular flexibility index (Phi) is 6.26. The molecule has 0 radical (unpaired) electrons. The van der Waals surface area contributed by atoms with Crippen molar-refractivity contribution < 1.29 is 4.74 Å². The number of rotatable bonds is 5. The quantitative estimate of drug-likeness (QED) is 0.841. The van der Waals surface area contributed by atoms with Gasteiger partial charge in [0.15, 0.2) is 5.11 Å². The summed E-state index contributed by atoms with van der Waals surface area (Å²) in [5.74, 6) is 0.883. The van der Waals surface area contributed by atoms with Gasteiger partial charge in [0.25, 0.3) is 0 Å². The van der Waals surface area contributed by atoms with Gasteiger partial charge in [-0.2, -0.15) is 0 Å². The van der Waals surface area contributed by atoms with Crippen LogP contribution < -0.4 is 10.1 Å². The van der Waals surface area contributed by atoms with Gasteiger partial charge in [-0.25, -0.2) is 0 Å². The number of methoxy groups -OCH3 is 1. The zero-order valence-corrected chi connectivity index (χ0v) is 13.8. The van der Waals surface area contributed by atoms with Crippen LogP contribution in [0.1, 0.15) is 18.9 Å². The zero-order valence-electron chi connectivity index (χ0n) is 13.0. The average Bonchev–Trinajstić information content (AvgIpc) is 2.54. The summed E-state index contributed by atoms with van der Waals surface area (Å²) in [7, 11) is 1.68. The van der Waals surface area contributed by atoms with Crippen molar-refractivity contribution in [3.8, 4) is 5.75 Å². The fraction of sp³-hybridized carbons (Fsp3) is 0.562. The first kappa shape index (κ1) is 16.0. The summed E-state index contributed by atoms with van der Waals surface area (Å²) in [6, 6.07) is 8.08. The van der Waals surface area contributed by atoms with E-state index < -0.39 is 0 Å². The molecule has 1 aliphatic heterocycles. The van der Waals surface area contributed by atoms with Crippen LogP contribution in [-0.2, 0) is 6.54 Å². The third kappa shape index (κ3) is 4.86. The number of nitrogens with zero attached hydrogens (tertiary/aromatic N) is 2. The van der Waals surface area contributed by atoms with Crippen molar-refractivity contribution >= 4 is 17.3 Å². The van der Waals surface area contributed by atoms with Crippen molar-refractivity contribution in [2.24, 2.45) is 0 Å². The van der Waals surface area contributed by atoms with Crippen LogP contribution in [0.25, 0.3) is 0 Å². The molecule has 1 fully saturated rings. The van der Waals surface area contributed by atoms with Crippen molar-refractivity contribution in [2.75, 3.05) is 39.8 Å². The lowest BCUT2D eigenvalue weighted by atomic mass is 10.2. The van der Waals surface area contributed by atoms with E-state index in [0.29, 0.717) is 0 Å². The fourth-order valence-corrected chi connectivity index (χ4v) is 2.78. The molecule has 0 amide bonds. The van der Waals surface area contributed by atoms with Gasteiger partial charge in [-0.15, -0.1) is 0 Å². The molecule has 1 aromatic rings. The van der Waals surface area contributed by atoms with Crippen molar-refractivity contribution in [1.82, 2.24) is 15.1 Å². The molecule has 5 heteroatoms. The zero-order chi connectivity index (χ0) is 15.1. The minimum absolute atomic E-state index is 0.762. The molecule has 0 atom stereocenters. The Hall–Kier alpha value is -1.33. The van der Waals surface area contributed by atoms with Crippen LogP contribution in [0.5, 0.6) is 5.75 Å². The van der Waals surface area contributed by atoms with E-state index in [1.165, 1.54) is 18.5 Å². The molecule has 1 heterocycles. The monoisotopic (exact) mass is 307 g/mol. The summed E-state index contributed by atoms with van der Waals surface area (Å²) in [5, 5.41) is 4.21. The second kappa shape index (κ2) is 8.20. The van der Waals surface area contributed by atoms with Crippen LogP contribution in [0.4, 0.5) is 0 Å². The maximum atomic E-state index is 5.50. The molecule has 0 saturated carbocycles. The first-order valence-electron chi connectivity index (χ1n) is 7.61. The molecule has 4 nitrogen and oxygen atoms in total.